The summed E-state index contributed by atoms with van der Waals surface area (Å²) >= 11 is 0. The van der Waals surface area contributed by atoms with Gasteiger partial charge in [-0.2, -0.15) is 14.9 Å². The van der Waals surface area contributed by atoms with Crippen molar-refractivity contribution in [1.29, 1.82) is 0 Å². The molecule has 0 aliphatic carbocycles. The van der Waals surface area contributed by atoms with E-state index in [-0.39, 0.29) is 11.4 Å². The van der Waals surface area contributed by atoms with Gasteiger partial charge in [0.05, 0.1) is 23.3 Å². The molecule has 0 aliphatic heterocycles. The van der Waals surface area contributed by atoms with Crippen LogP contribution in [-0.4, -0.2) is 16.0 Å². The van der Waals surface area contributed by atoms with Crippen LogP contribution in [0.2, 0.25) is 0 Å². The van der Waals surface area contributed by atoms with Crippen LogP contribution in [0, 0.1) is 5.82 Å². The normalized spacial score (nSPS) is 10.9. The van der Waals surface area contributed by atoms with Crippen molar-refractivity contribution in [3.05, 3.63) is 113 Å². The highest BCUT2D eigenvalue weighted by atomic mass is 19.1. The third-order valence-electron chi connectivity index (χ3n) is 4.26. The molecule has 4 rings (SSSR count). The van der Waals surface area contributed by atoms with Crippen molar-refractivity contribution >= 4 is 11.9 Å². The minimum absolute atomic E-state index is 0.205. The van der Waals surface area contributed by atoms with E-state index in [0.29, 0.717) is 11.4 Å². The van der Waals surface area contributed by atoms with Crippen molar-refractivity contribution in [3.63, 3.8) is 0 Å². The van der Waals surface area contributed by atoms with Crippen molar-refractivity contribution < 1.29 is 4.39 Å². The lowest BCUT2D eigenvalue weighted by Crippen LogP contribution is -2.20. The summed E-state index contributed by atoms with van der Waals surface area (Å²) in [6.07, 6.45) is 1.64. The zero-order chi connectivity index (χ0) is 20.1. The van der Waals surface area contributed by atoms with Gasteiger partial charge in [0.2, 0.25) is 0 Å². The molecule has 0 bridgehead atoms. The van der Waals surface area contributed by atoms with E-state index in [0.717, 1.165) is 16.8 Å². The quantitative estimate of drug-likeness (QED) is 0.408. The second-order valence-corrected chi connectivity index (χ2v) is 6.30. The van der Waals surface area contributed by atoms with Gasteiger partial charge in [0.25, 0.3) is 5.56 Å². The smallest absolute Gasteiger partial charge is 0.271 e. The Balaban J connectivity index is 1.52. The monoisotopic (exact) mass is 384 g/mol. The van der Waals surface area contributed by atoms with Crippen LogP contribution in [0.1, 0.15) is 5.56 Å². The first-order valence-electron chi connectivity index (χ1n) is 9.00. The third-order valence-corrected chi connectivity index (χ3v) is 4.26. The minimum Gasteiger partial charge on any atom is -0.279 e. The lowest BCUT2D eigenvalue weighted by atomic mass is 10.1. The number of anilines is 1. The number of halogens is 1. The summed E-state index contributed by atoms with van der Waals surface area (Å²) < 4.78 is 14.3. The van der Waals surface area contributed by atoms with Crippen molar-refractivity contribution in [2.75, 3.05) is 5.43 Å². The van der Waals surface area contributed by atoms with Crippen molar-refractivity contribution in [2.45, 2.75) is 0 Å². The summed E-state index contributed by atoms with van der Waals surface area (Å²) in [5.74, 6) is -0.296. The van der Waals surface area contributed by atoms with Gasteiger partial charge in [0, 0.05) is 11.6 Å². The molecule has 4 aromatic rings. The number of hydrazone groups is 1. The number of rotatable bonds is 5. The van der Waals surface area contributed by atoms with E-state index in [1.165, 1.54) is 22.9 Å². The highest BCUT2D eigenvalue weighted by Crippen LogP contribution is 2.15. The second-order valence-electron chi connectivity index (χ2n) is 6.30. The molecule has 142 valence electrons. The van der Waals surface area contributed by atoms with Gasteiger partial charge in [-0.25, -0.2) is 4.39 Å². The average Bonchev–Trinajstić information content (AvgIpc) is 2.77. The molecule has 29 heavy (non-hydrogen) atoms. The van der Waals surface area contributed by atoms with Crippen LogP contribution in [-0.2, 0) is 0 Å². The zero-order valence-corrected chi connectivity index (χ0v) is 15.4. The molecule has 0 unspecified atom stereocenters. The van der Waals surface area contributed by atoms with E-state index in [4.69, 9.17) is 0 Å². The molecule has 5 nitrogen and oxygen atoms in total. The van der Waals surface area contributed by atoms with Gasteiger partial charge in [-0.3, -0.25) is 10.2 Å². The molecule has 1 aromatic heterocycles. The Morgan fingerprint density at radius 2 is 1.59 bits per heavy atom. The third kappa shape index (κ3) is 4.44. The van der Waals surface area contributed by atoms with Crippen LogP contribution in [0.4, 0.5) is 10.1 Å². The molecule has 0 fully saturated rings. The van der Waals surface area contributed by atoms with E-state index in [1.807, 2.05) is 54.6 Å². The second kappa shape index (κ2) is 8.31. The van der Waals surface area contributed by atoms with Crippen LogP contribution in [0.25, 0.3) is 16.9 Å². The summed E-state index contributed by atoms with van der Waals surface area (Å²) in [6.45, 7) is 0. The standard InChI is InChI=1S/C23H17FN4O/c24-19-8-10-20(11-9-19)26-25-16-17-6-12-21(13-7-17)28-23(29)15-14-22(27-28)18-4-2-1-3-5-18/h1-16,26H. The first-order chi connectivity index (χ1) is 14.2. The summed E-state index contributed by atoms with van der Waals surface area (Å²) in [5, 5.41) is 8.61. The van der Waals surface area contributed by atoms with E-state index >= 15 is 0 Å². The van der Waals surface area contributed by atoms with Crippen LogP contribution in [0.5, 0.6) is 0 Å². The average molecular weight is 384 g/mol. The van der Waals surface area contributed by atoms with E-state index < -0.39 is 0 Å². The number of aromatic nitrogens is 2. The van der Waals surface area contributed by atoms with Crippen LogP contribution in [0.3, 0.4) is 0 Å². The lowest BCUT2D eigenvalue weighted by Gasteiger charge is -2.07. The molecule has 0 amide bonds. The zero-order valence-electron chi connectivity index (χ0n) is 15.4. The van der Waals surface area contributed by atoms with Gasteiger partial charge < -0.3 is 0 Å². The van der Waals surface area contributed by atoms with Crippen molar-refractivity contribution in [1.82, 2.24) is 9.78 Å². The summed E-state index contributed by atoms with van der Waals surface area (Å²) in [5.41, 5.74) is 6.49. The van der Waals surface area contributed by atoms with Gasteiger partial charge in [0.15, 0.2) is 0 Å². The Labute approximate surface area is 166 Å². The van der Waals surface area contributed by atoms with Gasteiger partial charge >= 0.3 is 0 Å². The van der Waals surface area contributed by atoms with Crippen LogP contribution >= 0.6 is 0 Å². The van der Waals surface area contributed by atoms with Gasteiger partial charge in [0.1, 0.15) is 5.82 Å². The molecule has 3 aromatic carbocycles. The fourth-order valence-electron chi connectivity index (χ4n) is 2.77. The molecule has 0 saturated carbocycles. The molecule has 0 spiro atoms. The Hall–Kier alpha value is -4.06. The predicted molar refractivity (Wildman–Crippen MR) is 113 cm³/mol. The number of nitrogens with zero attached hydrogens (tertiary/aromatic N) is 3. The first-order valence-corrected chi connectivity index (χ1v) is 9.00. The van der Waals surface area contributed by atoms with Crippen LogP contribution in [0.15, 0.2) is 101 Å². The number of nitrogens with one attached hydrogen (secondary N) is 1. The first kappa shape index (κ1) is 18.3. The molecule has 1 heterocycles. The highest BCUT2D eigenvalue weighted by molar-refractivity contribution is 5.80. The maximum absolute atomic E-state index is 12.9. The topological polar surface area (TPSA) is 59.3 Å². The van der Waals surface area contributed by atoms with E-state index in [2.05, 4.69) is 15.6 Å². The minimum atomic E-state index is -0.296. The van der Waals surface area contributed by atoms with Gasteiger partial charge in [-0.15, -0.1) is 0 Å². The molecule has 0 saturated heterocycles. The molecular weight excluding hydrogens is 367 g/mol. The Kier molecular flexibility index (Phi) is 5.25. The summed E-state index contributed by atoms with van der Waals surface area (Å²) in [4.78, 5) is 12.3. The number of benzene rings is 3. The molecular formula is C23H17FN4O. The Morgan fingerprint density at radius 3 is 2.31 bits per heavy atom. The van der Waals surface area contributed by atoms with Gasteiger partial charge in [-0.05, 0) is 48.0 Å². The fraction of sp³-hybridized carbons (Fsp3) is 0. The SMILES string of the molecule is O=c1ccc(-c2ccccc2)nn1-c1ccc(C=NNc2ccc(F)cc2)cc1. The fourth-order valence-corrected chi connectivity index (χ4v) is 2.77. The Bertz CT molecular complexity index is 1180. The summed E-state index contributed by atoms with van der Waals surface area (Å²) in [7, 11) is 0. The maximum Gasteiger partial charge on any atom is 0.271 e. The molecule has 1 N–H and O–H groups in total. The number of hydrogen-bond acceptors (Lipinski definition) is 4. The number of hydrogen-bond donors (Lipinski definition) is 1. The molecule has 6 heteroatoms. The summed E-state index contributed by atoms with van der Waals surface area (Å²) in [6, 6.07) is 26.2. The molecule has 0 aliphatic rings. The lowest BCUT2D eigenvalue weighted by molar-refractivity contribution is 0.628. The molecule has 0 radical (unpaired) electrons. The Morgan fingerprint density at radius 1 is 0.862 bits per heavy atom. The predicted octanol–water partition coefficient (Wildman–Crippen LogP) is 4.48. The van der Waals surface area contributed by atoms with E-state index in [9.17, 15) is 9.18 Å². The van der Waals surface area contributed by atoms with Crippen molar-refractivity contribution in [2.24, 2.45) is 5.10 Å². The van der Waals surface area contributed by atoms with Crippen LogP contribution < -0.4 is 11.0 Å². The highest BCUT2D eigenvalue weighted by Gasteiger charge is 2.05. The maximum atomic E-state index is 12.9. The largest absolute Gasteiger partial charge is 0.279 e. The molecule has 0 atom stereocenters. The van der Waals surface area contributed by atoms with E-state index in [1.54, 1.807) is 24.4 Å². The van der Waals surface area contributed by atoms with Crippen molar-refractivity contribution in [3.8, 4) is 16.9 Å². The van der Waals surface area contributed by atoms with Gasteiger partial charge in [-0.1, -0.05) is 42.5 Å².